The van der Waals surface area contributed by atoms with Crippen LogP contribution in [0.4, 0.5) is 0 Å². The molecule has 2 N–H and O–H groups in total. The van der Waals surface area contributed by atoms with E-state index < -0.39 is 0 Å². The van der Waals surface area contributed by atoms with E-state index in [2.05, 4.69) is 27.7 Å². The Morgan fingerprint density at radius 1 is 0.917 bits per heavy atom. The molecule has 1 nitrogen and oxygen atoms in total. The van der Waals surface area contributed by atoms with E-state index >= 15 is 0 Å². The molecule has 0 atom stereocenters. The van der Waals surface area contributed by atoms with Crippen LogP contribution in [0.25, 0.3) is 0 Å². The second-order valence-electron chi connectivity index (χ2n) is 4.70. The van der Waals surface area contributed by atoms with Crippen LogP contribution in [0, 0.1) is 17.8 Å². The molecule has 0 aliphatic heterocycles. The van der Waals surface area contributed by atoms with E-state index in [0.717, 1.165) is 24.3 Å². The molecule has 0 saturated heterocycles. The van der Waals surface area contributed by atoms with Crippen molar-refractivity contribution in [2.24, 2.45) is 23.5 Å². The van der Waals surface area contributed by atoms with Crippen molar-refractivity contribution in [1.29, 1.82) is 0 Å². The molecule has 0 bridgehead atoms. The van der Waals surface area contributed by atoms with Crippen molar-refractivity contribution >= 4 is 0 Å². The maximum atomic E-state index is 5.58. The molecule has 0 aromatic carbocycles. The lowest BCUT2D eigenvalue weighted by molar-refractivity contribution is 0.329. The van der Waals surface area contributed by atoms with Gasteiger partial charge in [0.2, 0.25) is 0 Å². The minimum absolute atomic E-state index is 0.820. The standard InChI is InChI=1S/C11H25N/c1-9(2)7-11(5-6-12)8-10(3)4/h9-11H,5-8,12H2,1-4H3. The van der Waals surface area contributed by atoms with Crippen LogP contribution in [0.3, 0.4) is 0 Å². The summed E-state index contributed by atoms with van der Waals surface area (Å²) in [6.45, 7) is 10.0. The lowest BCUT2D eigenvalue weighted by Gasteiger charge is -2.19. The smallest absolute Gasteiger partial charge is 0.00746 e. The fourth-order valence-electron chi connectivity index (χ4n) is 1.90. The van der Waals surface area contributed by atoms with E-state index in [1.54, 1.807) is 0 Å². The van der Waals surface area contributed by atoms with Crippen molar-refractivity contribution in [3.63, 3.8) is 0 Å². The van der Waals surface area contributed by atoms with Crippen molar-refractivity contribution in [3.05, 3.63) is 0 Å². The van der Waals surface area contributed by atoms with Crippen molar-refractivity contribution in [3.8, 4) is 0 Å². The molecule has 0 unspecified atom stereocenters. The zero-order valence-corrected chi connectivity index (χ0v) is 9.14. The molecule has 0 rings (SSSR count). The summed E-state index contributed by atoms with van der Waals surface area (Å²) in [6, 6.07) is 0. The molecule has 12 heavy (non-hydrogen) atoms. The number of nitrogens with two attached hydrogens (primary N) is 1. The van der Waals surface area contributed by atoms with Gasteiger partial charge in [-0.25, -0.2) is 0 Å². The lowest BCUT2D eigenvalue weighted by Crippen LogP contribution is -2.13. The van der Waals surface area contributed by atoms with Crippen LogP contribution in [0.2, 0.25) is 0 Å². The highest BCUT2D eigenvalue weighted by Gasteiger charge is 2.11. The Hall–Kier alpha value is -0.0400. The van der Waals surface area contributed by atoms with Crippen LogP contribution in [-0.2, 0) is 0 Å². The molecule has 0 radical (unpaired) electrons. The second-order valence-corrected chi connectivity index (χ2v) is 4.70. The number of hydrogen-bond acceptors (Lipinski definition) is 1. The van der Waals surface area contributed by atoms with Crippen molar-refractivity contribution < 1.29 is 0 Å². The van der Waals surface area contributed by atoms with Gasteiger partial charge in [-0.2, -0.15) is 0 Å². The molecule has 0 aromatic heterocycles. The van der Waals surface area contributed by atoms with Crippen LogP contribution in [0.1, 0.15) is 47.0 Å². The minimum atomic E-state index is 0.820. The predicted octanol–water partition coefficient (Wildman–Crippen LogP) is 3.04. The van der Waals surface area contributed by atoms with Crippen molar-refractivity contribution in [2.75, 3.05) is 6.54 Å². The molecule has 0 aliphatic carbocycles. The molecular weight excluding hydrogens is 146 g/mol. The third-order valence-corrected chi connectivity index (χ3v) is 2.18. The van der Waals surface area contributed by atoms with Crippen molar-refractivity contribution in [1.82, 2.24) is 0 Å². The minimum Gasteiger partial charge on any atom is -0.330 e. The van der Waals surface area contributed by atoms with E-state index in [-0.39, 0.29) is 0 Å². The quantitative estimate of drug-likeness (QED) is 0.653. The summed E-state index contributed by atoms with van der Waals surface area (Å²) in [5.41, 5.74) is 5.58. The highest BCUT2D eigenvalue weighted by atomic mass is 14.5. The first-order valence-corrected chi connectivity index (χ1v) is 5.26. The largest absolute Gasteiger partial charge is 0.330 e. The van der Waals surface area contributed by atoms with Crippen LogP contribution in [0.15, 0.2) is 0 Å². The molecule has 0 aliphatic rings. The van der Waals surface area contributed by atoms with Crippen LogP contribution in [0.5, 0.6) is 0 Å². The van der Waals surface area contributed by atoms with Gasteiger partial charge < -0.3 is 5.73 Å². The maximum absolute atomic E-state index is 5.58. The fourth-order valence-corrected chi connectivity index (χ4v) is 1.90. The Morgan fingerprint density at radius 3 is 1.58 bits per heavy atom. The molecule has 0 amide bonds. The zero-order valence-electron chi connectivity index (χ0n) is 9.14. The average molecular weight is 171 g/mol. The molecule has 0 spiro atoms. The predicted molar refractivity (Wildman–Crippen MR) is 56.1 cm³/mol. The highest BCUT2D eigenvalue weighted by molar-refractivity contribution is 4.64. The molecule has 0 saturated carbocycles. The summed E-state index contributed by atoms with van der Waals surface area (Å²) in [5, 5.41) is 0. The summed E-state index contributed by atoms with van der Waals surface area (Å²) in [5.74, 6) is 2.50. The highest BCUT2D eigenvalue weighted by Crippen LogP contribution is 2.22. The Bertz CT molecular complexity index is 87.2. The SMILES string of the molecule is CC(C)CC(CCN)CC(C)C. The van der Waals surface area contributed by atoms with Crippen LogP contribution < -0.4 is 5.73 Å². The Morgan fingerprint density at radius 2 is 1.33 bits per heavy atom. The van der Waals surface area contributed by atoms with E-state index in [1.165, 1.54) is 19.3 Å². The Balaban J connectivity index is 3.69. The maximum Gasteiger partial charge on any atom is -0.00746 e. The monoisotopic (exact) mass is 171 g/mol. The van der Waals surface area contributed by atoms with Gasteiger partial charge in [0.25, 0.3) is 0 Å². The first kappa shape index (κ1) is 12.0. The molecule has 0 heterocycles. The zero-order chi connectivity index (χ0) is 9.56. The van der Waals surface area contributed by atoms with Crippen LogP contribution in [-0.4, -0.2) is 6.54 Å². The fraction of sp³-hybridized carbons (Fsp3) is 1.00. The van der Waals surface area contributed by atoms with Gasteiger partial charge in [0, 0.05) is 0 Å². The van der Waals surface area contributed by atoms with E-state index in [1.807, 2.05) is 0 Å². The van der Waals surface area contributed by atoms with Gasteiger partial charge in [0.15, 0.2) is 0 Å². The van der Waals surface area contributed by atoms with Gasteiger partial charge in [-0.3, -0.25) is 0 Å². The lowest BCUT2D eigenvalue weighted by atomic mass is 9.87. The van der Waals surface area contributed by atoms with Crippen molar-refractivity contribution in [2.45, 2.75) is 47.0 Å². The van der Waals surface area contributed by atoms with Gasteiger partial charge in [-0.05, 0) is 43.6 Å². The third-order valence-electron chi connectivity index (χ3n) is 2.18. The van der Waals surface area contributed by atoms with E-state index in [9.17, 15) is 0 Å². The topological polar surface area (TPSA) is 26.0 Å². The van der Waals surface area contributed by atoms with Crippen LogP contribution >= 0.6 is 0 Å². The summed E-state index contributed by atoms with van der Waals surface area (Å²) in [7, 11) is 0. The molecule has 74 valence electrons. The van der Waals surface area contributed by atoms with Gasteiger partial charge in [0.05, 0.1) is 0 Å². The molecular formula is C11H25N. The van der Waals surface area contributed by atoms with Gasteiger partial charge >= 0.3 is 0 Å². The van der Waals surface area contributed by atoms with E-state index in [4.69, 9.17) is 5.73 Å². The normalized spacial score (nSPS) is 12.0. The third kappa shape index (κ3) is 6.66. The summed E-state index contributed by atoms with van der Waals surface area (Å²) >= 11 is 0. The Kier molecular flexibility index (Phi) is 6.45. The summed E-state index contributed by atoms with van der Waals surface area (Å²) < 4.78 is 0. The molecule has 0 fully saturated rings. The molecule has 1 heteroatoms. The Labute approximate surface area is 77.7 Å². The van der Waals surface area contributed by atoms with Gasteiger partial charge in [-0.15, -0.1) is 0 Å². The first-order valence-electron chi connectivity index (χ1n) is 5.26. The van der Waals surface area contributed by atoms with Gasteiger partial charge in [0.1, 0.15) is 0 Å². The van der Waals surface area contributed by atoms with Gasteiger partial charge in [-0.1, -0.05) is 27.7 Å². The summed E-state index contributed by atoms with van der Waals surface area (Å²) in [6.07, 6.45) is 3.89. The summed E-state index contributed by atoms with van der Waals surface area (Å²) in [4.78, 5) is 0. The second kappa shape index (κ2) is 6.47. The first-order chi connectivity index (χ1) is 5.56. The van der Waals surface area contributed by atoms with E-state index in [0.29, 0.717) is 0 Å². The average Bonchev–Trinajstić information content (AvgIpc) is 1.84. The number of hydrogen-bond donors (Lipinski definition) is 1. The molecule has 0 aromatic rings. The number of rotatable bonds is 6.